The second-order valence-corrected chi connectivity index (χ2v) is 25.8. The number of allylic oxidation sites excluding steroid dienone is 15. The van der Waals surface area contributed by atoms with E-state index in [9.17, 15) is 19.0 Å². The van der Waals surface area contributed by atoms with E-state index in [1.54, 1.807) is 0 Å². The standard InChI is InChI=1S/C73H131N2O7P/c1-7-10-13-16-19-22-25-28-30-32-33-34-35-36-37-38-39-40-41-43-44-47-50-53-56-59-62-65-72(76)74-70(69-81-83(78,79)80-68-67-75(4,5)6)71(64-61-58-55-52-49-46-27-24-21-18-15-12-9-3)82-73(77)66-63-60-57-54-51-48-45-42-31-29-26-23-20-17-14-11-8-2/h10,13,19,22,28-31,33-34,36-37,39-40,61,64,70-71H,7-9,11-12,14-18,20-21,23-27,32,35,38,41-60,62-63,65-69H2,1-6H3,(H-,74,76,78,79)/p+1/b13-10-,22-19-,30-28-,31-29+,34-33-,37-36-,40-39-,64-61-. The Balaban J connectivity index is 5.14. The minimum absolute atomic E-state index is 0.0343. The molecule has 9 nitrogen and oxygen atoms in total. The monoisotopic (exact) mass is 1180 g/mol. The first kappa shape index (κ1) is 79.9. The highest BCUT2D eigenvalue weighted by atomic mass is 31.2. The molecular weight excluding hydrogens is 1050 g/mol. The number of nitrogens with one attached hydrogen (secondary N) is 1. The van der Waals surface area contributed by atoms with Crippen molar-refractivity contribution in [2.24, 2.45) is 0 Å². The van der Waals surface area contributed by atoms with Crippen LogP contribution in [0.2, 0.25) is 0 Å². The molecule has 3 atom stereocenters. The van der Waals surface area contributed by atoms with Gasteiger partial charge in [-0.2, -0.15) is 0 Å². The molecule has 0 aromatic carbocycles. The lowest BCUT2D eigenvalue weighted by Gasteiger charge is -2.27. The molecule has 0 aromatic rings. The summed E-state index contributed by atoms with van der Waals surface area (Å²) in [6.07, 6.45) is 84.1. The molecule has 0 saturated carbocycles. The molecule has 0 aliphatic carbocycles. The number of hydrogen-bond acceptors (Lipinski definition) is 6. The summed E-state index contributed by atoms with van der Waals surface area (Å²) in [5.74, 6) is -0.517. The lowest BCUT2D eigenvalue weighted by Crippen LogP contribution is -2.47. The van der Waals surface area contributed by atoms with Crippen molar-refractivity contribution in [2.75, 3.05) is 40.9 Å². The van der Waals surface area contributed by atoms with E-state index in [1.807, 2.05) is 33.3 Å². The van der Waals surface area contributed by atoms with Gasteiger partial charge in [-0.15, -0.1) is 0 Å². The first-order valence-corrected chi connectivity index (χ1v) is 36.1. The summed E-state index contributed by atoms with van der Waals surface area (Å²) in [6, 6.07) is -0.860. The number of phosphoric ester groups is 1. The Morgan fingerprint density at radius 1 is 0.434 bits per heavy atom. The van der Waals surface area contributed by atoms with Gasteiger partial charge in [0, 0.05) is 12.8 Å². The third-order valence-corrected chi connectivity index (χ3v) is 16.0. The van der Waals surface area contributed by atoms with Crippen molar-refractivity contribution < 1.29 is 37.3 Å². The second kappa shape index (κ2) is 62.0. The molecule has 0 aliphatic heterocycles. The van der Waals surface area contributed by atoms with Crippen molar-refractivity contribution in [2.45, 2.75) is 315 Å². The molecule has 0 bridgehead atoms. The summed E-state index contributed by atoms with van der Waals surface area (Å²) in [7, 11) is 1.48. The number of quaternary nitrogens is 1. The smallest absolute Gasteiger partial charge is 0.456 e. The van der Waals surface area contributed by atoms with Crippen LogP contribution in [0.4, 0.5) is 0 Å². The quantitative estimate of drug-likeness (QED) is 0.0205. The van der Waals surface area contributed by atoms with E-state index in [1.165, 1.54) is 148 Å². The molecule has 3 unspecified atom stereocenters. The number of likely N-dealkylation sites (N-methyl/N-ethyl adjacent to an activating group) is 1. The molecule has 0 aliphatic rings. The molecular formula is C73H132N2O7P+. The maximum absolute atomic E-state index is 13.6. The summed E-state index contributed by atoms with van der Waals surface area (Å²) in [5.41, 5.74) is 0. The topological polar surface area (TPSA) is 111 Å². The van der Waals surface area contributed by atoms with E-state index >= 15 is 0 Å². The van der Waals surface area contributed by atoms with Crippen LogP contribution >= 0.6 is 7.82 Å². The fourth-order valence-corrected chi connectivity index (χ4v) is 10.4. The van der Waals surface area contributed by atoms with Crippen molar-refractivity contribution in [1.82, 2.24) is 5.32 Å². The van der Waals surface area contributed by atoms with Crippen LogP contribution in [0, 0.1) is 0 Å². The van der Waals surface area contributed by atoms with E-state index in [2.05, 4.69) is 111 Å². The average Bonchev–Trinajstić information content (AvgIpc) is 3.47. The third-order valence-electron chi connectivity index (χ3n) is 15.0. The number of nitrogens with zero attached hydrogens (tertiary/aromatic N) is 1. The SMILES string of the molecule is CC/C=C\C/C=C\C/C=C\C/C=C\C/C=C\C/C=C\CCCCCCCCCCC(=O)NC(COP(=O)(O)OCC[N+](C)(C)C)C(/C=C\CCCCCCCCCCCCC)OC(=O)CCCCCCCCC/C=C/CCCCCCCC. The molecule has 0 spiro atoms. The number of amides is 1. The van der Waals surface area contributed by atoms with Gasteiger partial charge in [-0.3, -0.25) is 18.6 Å². The molecule has 0 fully saturated rings. The fraction of sp³-hybridized carbons (Fsp3) is 0.753. The molecule has 0 rings (SSSR count). The van der Waals surface area contributed by atoms with E-state index in [4.69, 9.17) is 13.8 Å². The van der Waals surface area contributed by atoms with E-state index in [-0.39, 0.29) is 31.5 Å². The normalized spacial score (nSPS) is 14.2. The van der Waals surface area contributed by atoms with Crippen molar-refractivity contribution in [3.05, 3.63) is 97.2 Å². The third kappa shape index (κ3) is 63.3. The van der Waals surface area contributed by atoms with Crippen LogP contribution in [-0.2, 0) is 27.9 Å². The Labute approximate surface area is 513 Å². The summed E-state index contributed by atoms with van der Waals surface area (Å²) in [5, 5.41) is 3.06. The molecule has 1 amide bonds. The number of ether oxygens (including phenoxy) is 1. The van der Waals surface area contributed by atoms with E-state index in [0.717, 1.165) is 122 Å². The van der Waals surface area contributed by atoms with Crippen molar-refractivity contribution in [3.63, 3.8) is 0 Å². The van der Waals surface area contributed by atoms with Gasteiger partial charge in [0.15, 0.2) is 0 Å². The summed E-state index contributed by atoms with van der Waals surface area (Å²) < 4.78 is 30.8. The van der Waals surface area contributed by atoms with E-state index in [0.29, 0.717) is 17.4 Å². The predicted molar refractivity (Wildman–Crippen MR) is 360 cm³/mol. The number of unbranched alkanes of at least 4 members (excludes halogenated alkanes) is 32. The van der Waals surface area contributed by atoms with Crippen LogP contribution in [-0.4, -0.2) is 74.3 Å². The zero-order valence-corrected chi connectivity index (χ0v) is 55.8. The zero-order valence-electron chi connectivity index (χ0n) is 54.9. The first-order valence-electron chi connectivity index (χ1n) is 34.6. The predicted octanol–water partition coefficient (Wildman–Crippen LogP) is 21.9. The molecule has 0 aromatic heterocycles. The Kier molecular flexibility index (Phi) is 59.7. The van der Waals surface area contributed by atoms with Gasteiger partial charge in [-0.05, 0) is 109 Å². The molecule has 0 saturated heterocycles. The Morgan fingerprint density at radius 2 is 0.771 bits per heavy atom. The van der Waals surface area contributed by atoms with Crippen LogP contribution in [0.1, 0.15) is 303 Å². The lowest BCUT2D eigenvalue weighted by atomic mass is 10.0. The van der Waals surface area contributed by atoms with Crippen LogP contribution in [0.5, 0.6) is 0 Å². The van der Waals surface area contributed by atoms with Crippen LogP contribution < -0.4 is 5.32 Å². The van der Waals surface area contributed by atoms with E-state index < -0.39 is 20.0 Å². The molecule has 2 N–H and O–H groups in total. The van der Waals surface area contributed by atoms with Gasteiger partial charge in [-0.25, -0.2) is 4.57 Å². The number of carbonyl (C=O) groups is 2. The van der Waals surface area contributed by atoms with Crippen molar-refractivity contribution >= 4 is 19.7 Å². The summed E-state index contributed by atoms with van der Waals surface area (Å²) >= 11 is 0. The molecule has 10 heteroatoms. The van der Waals surface area contributed by atoms with Crippen molar-refractivity contribution in [1.29, 1.82) is 0 Å². The molecule has 0 radical (unpaired) electrons. The Morgan fingerprint density at radius 3 is 1.17 bits per heavy atom. The maximum Gasteiger partial charge on any atom is 0.472 e. The lowest BCUT2D eigenvalue weighted by molar-refractivity contribution is -0.870. The first-order chi connectivity index (χ1) is 40.4. The summed E-state index contributed by atoms with van der Waals surface area (Å²) in [4.78, 5) is 37.9. The van der Waals surface area contributed by atoms with Crippen LogP contribution in [0.15, 0.2) is 97.2 Å². The fourth-order valence-electron chi connectivity index (χ4n) is 9.70. The molecule has 83 heavy (non-hydrogen) atoms. The molecule has 480 valence electrons. The number of phosphoric acid groups is 1. The zero-order chi connectivity index (χ0) is 60.7. The Hall–Kier alpha value is -3.07. The maximum atomic E-state index is 13.6. The van der Waals surface area contributed by atoms with Crippen LogP contribution in [0.25, 0.3) is 0 Å². The summed E-state index contributed by atoms with van der Waals surface area (Å²) in [6.45, 7) is 6.90. The van der Waals surface area contributed by atoms with Gasteiger partial charge in [0.1, 0.15) is 19.3 Å². The highest BCUT2D eigenvalue weighted by molar-refractivity contribution is 7.47. The molecule has 0 heterocycles. The van der Waals surface area contributed by atoms with Crippen molar-refractivity contribution in [3.8, 4) is 0 Å². The minimum atomic E-state index is -4.46. The highest BCUT2D eigenvalue weighted by Gasteiger charge is 2.30. The minimum Gasteiger partial charge on any atom is -0.456 e. The van der Waals surface area contributed by atoms with Gasteiger partial charge in [0.05, 0.1) is 33.8 Å². The van der Waals surface area contributed by atoms with Gasteiger partial charge >= 0.3 is 13.8 Å². The van der Waals surface area contributed by atoms with Gasteiger partial charge < -0.3 is 19.4 Å². The average molecular weight is 1180 g/mol. The highest BCUT2D eigenvalue weighted by Crippen LogP contribution is 2.43. The number of esters is 1. The largest absolute Gasteiger partial charge is 0.472 e. The van der Waals surface area contributed by atoms with Gasteiger partial charge in [0.2, 0.25) is 5.91 Å². The number of hydrogen-bond donors (Lipinski definition) is 2. The number of rotatable bonds is 62. The van der Waals surface area contributed by atoms with Crippen LogP contribution in [0.3, 0.4) is 0 Å². The Bertz CT molecular complexity index is 1740. The van der Waals surface area contributed by atoms with Gasteiger partial charge in [0.25, 0.3) is 0 Å². The van der Waals surface area contributed by atoms with Gasteiger partial charge in [-0.1, -0.05) is 279 Å². The second-order valence-electron chi connectivity index (χ2n) is 24.3. The number of carbonyl (C=O) groups excluding carboxylic acids is 2.